The van der Waals surface area contributed by atoms with Crippen LogP contribution in [0.4, 0.5) is 0 Å². The van der Waals surface area contributed by atoms with E-state index >= 15 is 0 Å². The molecule has 154 valence electrons. The molecule has 0 radical (unpaired) electrons. The number of hydrogen-bond acceptors (Lipinski definition) is 6. The SMILES string of the molecule is Cc1cccc2nc(CSc3nnc(-c4ccc(C(C)(C)C)cc4)n3N)cc(=O)n12. The zero-order chi connectivity index (χ0) is 21.5. The van der Waals surface area contributed by atoms with Gasteiger partial charge in [0.15, 0.2) is 5.82 Å². The van der Waals surface area contributed by atoms with Gasteiger partial charge in [-0.2, -0.15) is 0 Å². The van der Waals surface area contributed by atoms with E-state index in [9.17, 15) is 4.79 Å². The maximum Gasteiger partial charge on any atom is 0.258 e. The highest BCUT2D eigenvalue weighted by Crippen LogP contribution is 2.27. The summed E-state index contributed by atoms with van der Waals surface area (Å²) in [6.45, 7) is 8.42. The van der Waals surface area contributed by atoms with Crippen molar-refractivity contribution >= 4 is 17.4 Å². The summed E-state index contributed by atoms with van der Waals surface area (Å²) in [6, 6.07) is 15.4. The molecule has 3 aromatic heterocycles. The lowest BCUT2D eigenvalue weighted by atomic mass is 9.87. The number of thioether (sulfide) groups is 1. The molecule has 0 unspecified atom stereocenters. The Labute approximate surface area is 179 Å². The molecule has 0 bridgehead atoms. The fraction of sp³-hybridized carbons (Fsp3) is 0.273. The second-order valence-electron chi connectivity index (χ2n) is 8.24. The minimum atomic E-state index is -0.0949. The van der Waals surface area contributed by atoms with E-state index in [-0.39, 0.29) is 11.0 Å². The maximum absolute atomic E-state index is 12.4. The van der Waals surface area contributed by atoms with Crippen molar-refractivity contribution in [2.45, 2.75) is 44.0 Å². The van der Waals surface area contributed by atoms with Crippen LogP contribution in [0.2, 0.25) is 0 Å². The van der Waals surface area contributed by atoms with Crippen molar-refractivity contribution in [3.05, 3.63) is 75.8 Å². The Hall–Kier alpha value is -3.13. The summed E-state index contributed by atoms with van der Waals surface area (Å²) in [4.78, 5) is 17.0. The molecular weight excluding hydrogens is 396 g/mol. The van der Waals surface area contributed by atoms with Gasteiger partial charge in [0.25, 0.3) is 5.56 Å². The topological polar surface area (TPSA) is 91.1 Å². The van der Waals surface area contributed by atoms with Gasteiger partial charge in [-0.1, -0.05) is 62.9 Å². The first-order chi connectivity index (χ1) is 14.2. The van der Waals surface area contributed by atoms with Crippen LogP contribution >= 0.6 is 11.8 Å². The van der Waals surface area contributed by atoms with E-state index < -0.39 is 0 Å². The van der Waals surface area contributed by atoms with Crippen LogP contribution in [-0.2, 0) is 11.2 Å². The van der Waals surface area contributed by atoms with Gasteiger partial charge in [0.2, 0.25) is 5.16 Å². The van der Waals surface area contributed by atoms with Crippen LogP contribution in [0.25, 0.3) is 17.0 Å². The molecule has 4 rings (SSSR count). The second kappa shape index (κ2) is 7.60. The highest BCUT2D eigenvalue weighted by molar-refractivity contribution is 7.98. The van der Waals surface area contributed by atoms with E-state index in [1.54, 1.807) is 10.5 Å². The normalized spacial score (nSPS) is 11.9. The second-order valence-corrected chi connectivity index (χ2v) is 9.18. The summed E-state index contributed by atoms with van der Waals surface area (Å²) in [5, 5.41) is 9.03. The van der Waals surface area contributed by atoms with Gasteiger partial charge in [-0.3, -0.25) is 9.20 Å². The van der Waals surface area contributed by atoms with E-state index in [2.05, 4.69) is 48.1 Å². The Morgan fingerprint density at radius 2 is 1.80 bits per heavy atom. The standard InChI is InChI=1S/C22H24N6OS/c1-14-6-5-7-18-24-17(12-19(29)27(14)18)13-30-21-26-25-20(28(21)23)15-8-10-16(11-9-15)22(2,3)4/h5-12H,13,23H2,1-4H3. The molecule has 0 aliphatic carbocycles. The lowest BCUT2D eigenvalue weighted by Gasteiger charge is -2.19. The zero-order valence-corrected chi connectivity index (χ0v) is 18.3. The van der Waals surface area contributed by atoms with E-state index in [1.165, 1.54) is 22.0 Å². The third-order valence-electron chi connectivity index (χ3n) is 4.96. The monoisotopic (exact) mass is 420 g/mol. The molecule has 1 aromatic carbocycles. The molecule has 8 heteroatoms. The minimum Gasteiger partial charge on any atom is -0.335 e. The molecule has 0 saturated heterocycles. The first-order valence-corrected chi connectivity index (χ1v) is 10.6. The molecule has 2 N–H and O–H groups in total. The molecule has 7 nitrogen and oxygen atoms in total. The number of nitrogen functional groups attached to an aromatic ring is 1. The van der Waals surface area contributed by atoms with E-state index in [1.807, 2.05) is 37.3 Å². The Morgan fingerprint density at radius 3 is 2.50 bits per heavy atom. The van der Waals surface area contributed by atoms with Crippen LogP contribution in [0.15, 0.2) is 58.5 Å². The van der Waals surface area contributed by atoms with Gasteiger partial charge in [-0.25, -0.2) is 9.66 Å². The number of aromatic nitrogens is 5. The highest BCUT2D eigenvalue weighted by Gasteiger charge is 2.16. The van der Waals surface area contributed by atoms with Crippen molar-refractivity contribution in [3.63, 3.8) is 0 Å². The Kier molecular flexibility index (Phi) is 5.11. The smallest absolute Gasteiger partial charge is 0.258 e. The number of fused-ring (bicyclic) bond motifs is 1. The Bertz CT molecular complexity index is 1270. The average molecular weight is 421 g/mol. The van der Waals surface area contributed by atoms with Crippen LogP contribution in [-0.4, -0.2) is 24.3 Å². The largest absolute Gasteiger partial charge is 0.335 e. The summed E-state index contributed by atoms with van der Waals surface area (Å²) >= 11 is 1.40. The van der Waals surface area contributed by atoms with Gasteiger partial charge >= 0.3 is 0 Å². The molecule has 0 aliphatic heterocycles. The van der Waals surface area contributed by atoms with Crippen molar-refractivity contribution in [2.24, 2.45) is 0 Å². The van der Waals surface area contributed by atoms with E-state index in [4.69, 9.17) is 5.84 Å². The summed E-state index contributed by atoms with van der Waals surface area (Å²) in [7, 11) is 0. The lowest BCUT2D eigenvalue weighted by Crippen LogP contribution is -2.17. The number of rotatable bonds is 4. The van der Waals surface area contributed by atoms with Crippen LogP contribution in [0.3, 0.4) is 0 Å². The molecule has 0 aliphatic rings. The van der Waals surface area contributed by atoms with Gasteiger partial charge in [0, 0.05) is 23.1 Å². The van der Waals surface area contributed by atoms with Crippen LogP contribution in [0, 0.1) is 6.92 Å². The van der Waals surface area contributed by atoms with Crippen LogP contribution < -0.4 is 11.4 Å². The molecule has 4 aromatic rings. The number of hydrogen-bond donors (Lipinski definition) is 1. The summed E-state index contributed by atoms with van der Waals surface area (Å²) in [6.07, 6.45) is 0. The molecule has 0 fully saturated rings. The Morgan fingerprint density at radius 1 is 1.07 bits per heavy atom. The summed E-state index contributed by atoms with van der Waals surface area (Å²) in [5.74, 6) is 7.32. The summed E-state index contributed by atoms with van der Waals surface area (Å²) < 4.78 is 3.08. The van der Waals surface area contributed by atoms with Crippen LogP contribution in [0.1, 0.15) is 37.7 Å². The number of benzene rings is 1. The summed E-state index contributed by atoms with van der Waals surface area (Å²) in [5.41, 5.74) is 4.30. The first kappa shape index (κ1) is 20.2. The molecule has 0 amide bonds. The number of nitrogens with two attached hydrogens (primary N) is 1. The highest BCUT2D eigenvalue weighted by atomic mass is 32.2. The van der Waals surface area contributed by atoms with Gasteiger partial charge in [-0.15, -0.1) is 10.2 Å². The fourth-order valence-electron chi connectivity index (χ4n) is 3.27. The van der Waals surface area contributed by atoms with Crippen molar-refractivity contribution in [1.82, 2.24) is 24.3 Å². The van der Waals surface area contributed by atoms with E-state index in [0.717, 1.165) is 11.3 Å². The average Bonchev–Trinajstić information content (AvgIpc) is 3.06. The predicted molar refractivity (Wildman–Crippen MR) is 120 cm³/mol. The number of aryl methyl sites for hydroxylation is 1. The minimum absolute atomic E-state index is 0.0834. The molecule has 30 heavy (non-hydrogen) atoms. The predicted octanol–water partition coefficient (Wildman–Crippen LogP) is 3.57. The molecule has 0 spiro atoms. The first-order valence-electron chi connectivity index (χ1n) is 9.66. The van der Waals surface area contributed by atoms with Crippen molar-refractivity contribution in [3.8, 4) is 11.4 Å². The number of pyridine rings is 1. The van der Waals surface area contributed by atoms with E-state index in [0.29, 0.717) is 28.1 Å². The van der Waals surface area contributed by atoms with Gasteiger partial charge in [-0.05, 0) is 30.0 Å². The van der Waals surface area contributed by atoms with Gasteiger partial charge < -0.3 is 5.84 Å². The van der Waals surface area contributed by atoms with Crippen LogP contribution in [0.5, 0.6) is 0 Å². The molecule has 0 saturated carbocycles. The molecular formula is C22H24N6OS. The zero-order valence-electron chi connectivity index (χ0n) is 17.5. The third-order valence-corrected chi connectivity index (χ3v) is 5.93. The van der Waals surface area contributed by atoms with Crippen molar-refractivity contribution in [2.75, 3.05) is 5.84 Å². The third kappa shape index (κ3) is 3.82. The Balaban J connectivity index is 1.55. The maximum atomic E-state index is 12.4. The fourth-order valence-corrected chi connectivity index (χ4v) is 4.02. The van der Waals surface area contributed by atoms with Gasteiger partial charge in [0.05, 0.1) is 5.69 Å². The molecule has 0 atom stereocenters. The lowest BCUT2D eigenvalue weighted by molar-refractivity contribution is 0.590. The molecule has 3 heterocycles. The van der Waals surface area contributed by atoms with Crippen molar-refractivity contribution in [1.29, 1.82) is 0 Å². The number of nitrogens with zero attached hydrogens (tertiary/aromatic N) is 5. The van der Waals surface area contributed by atoms with Crippen molar-refractivity contribution < 1.29 is 0 Å². The van der Waals surface area contributed by atoms with Gasteiger partial charge in [0.1, 0.15) is 5.65 Å². The quantitative estimate of drug-likeness (QED) is 0.401.